The van der Waals surface area contributed by atoms with Gasteiger partial charge in [0.05, 0.1) is 13.2 Å². The second-order valence-electron chi connectivity index (χ2n) is 3.25. The first-order chi connectivity index (χ1) is 6.74. The van der Waals surface area contributed by atoms with E-state index in [1.807, 2.05) is 24.3 Å². The van der Waals surface area contributed by atoms with Crippen LogP contribution in [0.4, 0.5) is 0 Å². The number of ether oxygens (including phenoxy) is 1. The first kappa shape index (κ1) is 9.02. The number of nitrogens with two attached hydrogens (primary N) is 1. The molecule has 0 spiro atoms. The van der Waals surface area contributed by atoms with Crippen LogP contribution in [0.5, 0.6) is 5.75 Å². The summed E-state index contributed by atoms with van der Waals surface area (Å²) < 4.78 is 5.18. The Morgan fingerprint density at radius 2 is 2.14 bits per heavy atom. The molecule has 0 saturated carbocycles. The summed E-state index contributed by atoms with van der Waals surface area (Å²) in [6.45, 7) is 0. The minimum absolute atomic E-state index is 0.110. The lowest BCUT2D eigenvalue weighted by Crippen LogP contribution is -2.60. The molecule has 3 N–H and O–H groups in total. The third kappa shape index (κ3) is 1.24. The molecule has 1 aromatic rings. The van der Waals surface area contributed by atoms with Crippen LogP contribution in [0.3, 0.4) is 0 Å². The van der Waals surface area contributed by atoms with Crippen molar-refractivity contribution in [3.63, 3.8) is 0 Å². The molecule has 1 fully saturated rings. The highest BCUT2D eigenvalue weighted by Crippen LogP contribution is 2.30. The van der Waals surface area contributed by atoms with E-state index in [9.17, 15) is 4.79 Å². The molecule has 14 heavy (non-hydrogen) atoms. The Bertz CT molecular complexity index is 365. The number of benzene rings is 1. The molecule has 2 atom stereocenters. The molecule has 74 valence electrons. The maximum absolute atomic E-state index is 10.9. The van der Waals surface area contributed by atoms with Gasteiger partial charge in [0.1, 0.15) is 11.8 Å². The van der Waals surface area contributed by atoms with Crippen molar-refractivity contribution in [1.29, 1.82) is 0 Å². The van der Waals surface area contributed by atoms with Crippen LogP contribution in [0.1, 0.15) is 11.6 Å². The number of rotatable bonds is 2. The van der Waals surface area contributed by atoms with E-state index in [-0.39, 0.29) is 11.9 Å². The fraction of sp³-hybridized carbons (Fsp3) is 0.300. The molecule has 0 aliphatic carbocycles. The van der Waals surface area contributed by atoms with Crippen molar-refractivity contribution in [1.82, 2.24) is 5.32 Å². The average Bonchev–Trinajstić information content (AvgIpc) is 2.25. The Kier molecular flexibility index (Phi) is 2.13. The quantitative estimate of drug-likeness (QED) is 0.657. The molecule has 4 heteroatoms. The van der Waals surface area contributed by atoms with Gasteiger partial charge >= 0.3 is 0 Å². The van der Waals surface area contributed by atoms with Gasteiger partial charge in [-0.3, -0.25) is 4.79 Å². The molecule has 2 unspecified atom stereocenters. The summed E-state index contributed by atoms with van der Waals surface area (Å²) in [6.07, 6.45) is 0. The molecule has 1 aliphatic heterocycles. The fourth-order valence-corrected chi connectivity index (χ4v) is 1.59. The first-order valence-electron chi connectivity index (χ1n) is 4.43. The van der Waals surface area contributed by atoms with Crippen LogP contribution in [0, 0.1) is 0 Å². The summed E-state index contributed by atoms with van der Waals surface area (Å²) in [5.74, 6) is 0.647. The van der Waals surface area contributed by atoms with Crippen LogP contribution in [0.2, 0.25) is 0 Å². The summed E-state index contributed by atoms with van der Waals surface area (Å²) in [5.41, 5.74) is 6.59. The normalized spacial score (nSPS) is 25.1. The monoisotopic (exact) mass is 192 g/mol. The van der Waals surface area contributed by atoms with Gasteiger partial charge in [-0.1, -0.05) is 18.2 Å². The van der Waals surface area contributed by atoms with E-state index in [4.69, 9.17) is 10.5 Å². The Morgan fingerprint density at radius 1 is 1.43 bits per heavy atom. The van der Waals surface area contributed by atoms with E-state index >= 15 is 0 Å². The molecule has 4 nitrogen and oxygen atoms in total. The lowest BCUT2D eigenvalue weighted by molar-refractivity contribution is -0.130. The number of nitrogens with one attached hydrogen (secondary N) is 1. The molecule has 1 aliphatic rings. The smallest absolute Gasteiger partial charge is 0.239 e. The molecular weight excluding hydrogens is 180 g/mol. The summed E-state index contributed by atoms with van der Waals surface area (Å²) in [7, 11) is 1.60. The number of methoxy groups -OCH3 is 1. The largest absolute Gasteiger partial charge is 0.496 e. The molecule has 0 radical (unpaired) electrons. The number of carbonyl (C=O) groups is 1. The van der Waals surface area contributed by atoms with Gasteiger partial charge in [0.15, 0.2) is 0 Å². The van der Waals surface area contributed by atoms with E-state index in [0.29, 0.717) is 0 Å². The fourth-order valence-electron chi connectivity index (χ4n) is 1.59. The highest BCUT2D eigenvalue weighted by molar-refractivity contribution is 5.89. The van der Waals surface area contributed by atoms with E-state index in [1.165, 1.54) is 0 Å². The number of para-hydroxylation sites is 1. The second-order valence-corrected chi connectivity index (χ2v) is 3.25. The summed E-state index contributed by atoms with van der Waals surface area (Å²) in [4.78, 5) is 10.9. The van der Waals surface area contributed by atoms with Gasteiger partial charge in [-0.25, -0.2) is 0 Å². The van der Waals surface area contributed by atoms with Crippen LogP contribution >= 0.6 is 0 Å². The molecule has 1 amide bonds. The van der Waals surface area contributed by atoms with E-state index < -0.39 is 6.04 Å². The maximum Gasteiger partial charge on any atom is 0.239 e. The number of carbonyl (C=O) groups excluding carboxylic acids is 1. The third-order valence-electron chi connectivity index (χ3n) is 2.43. The van der Waals surface area contributed by atoms with Crippen LogP contribution in [0.15, 0.2) is 24.3 Å². The van der Waals surface area contributed by atoms with Crippen molar-refractivity contribution < 1.29 is 9.53 Å². The number of β-lactam (4-membered cyclic amide) rings is 1. The third-order valence-corrected chi connectivity index (χ3v) is 2.43. The first-order valence-corrected chi connectivity index (χ1v) is 4.43. The van der Waals surface area contributed by atoms with Crippen LogP contribution in [0.25, 0.3) is 0 Å². The molecular formula is C10H12N2O2. The van der Waals surface area contributed by atoms with Gasteiger partial charge in [-0.15, -0.1) is 0 Å². The van der Waals surface area contributed by atoms with E-state index in [2.05, 4.69) is 5.32 Å². The van der Waals surface area contributed by atoms with Crippen LogP contribution in [-0.2, 0) is 4.79 Å². The SMILES string of the molecule is COc1ccccc1C1NC(=O)C1N. The highest BCUT2D eigenvalue weighted by atomic mass is 16.5. The Balaban J connectivity index is 2.28. The van der Waals surface area contributed by atoms with Crippen molar-refractivity contribution in [2.24, 2.45) is 5.73 Å². The molecule has 0 aromatic heterocycles. The molecule has 1 aromatic carbocycles. The van der Waals surface area contributed by atoms with Gasteiger partial charge in [0.2, 0.25) is 5.91 Å². The van der Waals surface area contributed by atoms with Gasteiger partial charge in [-0.2, -0.15) is 0 Å². The van der Waals surface area contributed by atoms with Crippen molar-refractivity contribution in [3.05, 3.63) is 29.8 Å². The van der Waals surface area contributed by atoms with Crippen molar-refractivity contribution >= 4 is 5.91 Å². The van der Waals surface area contributed by atoms with E-state index in [0.717, 1.165) is 11.3 Å². The van der Waals surface area contributed by atoms with Crippen molar-refractivity contribution in [3.8, 4) is 5.75 Å². The highest BCUT2D eigenvalue weighted by Gasteiger charge is 2.38. The Hall–Kier alpha value is -1.55. The second kappa shape index (κ2) is 3.31. The van der Waals surface area contributed by atoms with Gasteiger partial charge in [0.25, 0.3) is 0 Å². The minimum Gasteiger partial charge on any atom is -0.496 e. The Morgan fingerprint density at radius 3 is 2.71 bits per heavy atom. The number of hydrogen-bond acceptors (Lipinski definition) is 3. The lowest BCUT2D eigenvalue weighted by atomic mass is 9.92. The maximum atomic E-state index is 10.9. The zero-order valence-corrected chi connectivity index (χ0v) is 7.86. The number of amides is 1. The molecule has 2 rings (SSSR count). The predicted octanol–water partition coefficient (Wildman–Crippen LogP) is 0.193. The topological polar surface area (TPSA) is 64.3 Å². The predicted molar refractivity (Wildman–Crippen MR) is 51.9 cm³/mol. The molecule has 1 saturated heterocycles. The van der Waals surface area contributed by atoms with Crippen LogP contribution < -0.4 is 15.8 Å². The summed E-state index contributed by atoms with van der Waals surface area (Å²) >= 11 is 0. The summed E-state index contributed by atoms with van der Waals surface area (Å²) in [5, 5.41) is 2.74. The van der Waals surface area contributed by atoms with Gasteiger partial charge in [0, 0.05) is 5.56 Å². The zero-order valence-electron chi connectivity index (χ0n) is 7.86. The lowest BCUT2D eigenvalue weighted by Gasteiger charge is -2.34. The van der Waals surface area contributed by atoms with Crippen molar-refractivity contribution in [2.75, 3.05) is 7.11 Å². The van der Waals surface area contributed by atoms with Gasteiger partial charge < -0.3 is 15.8 Å². The molecule has 0 bridgehead atoms. The average molecular weight is 192 g/mol. The minimum atomic E-state index is -0.453. The Labute approximate surface area is 82.1 Å². The zero-order chi connectivity index (χ0) is 10.1. The standard InChI is InChI=1S/C10H12N2O2/c1-14-7-5-3-2-4-6(7)9-8(11)10(13)12-9/h2-5,8-9H,11H2,1H3,(H,12,13). The number of hydrogen-bond donors (Lipinski definition) is 2. The van der Waals surface area contributed by atoms with Gasteiger partial charge in [-0.05, 0) is 6.07 Å². The van der Waals surface area contributed by atoms with Crippen molar-refractivity contribution in [2.45, 2.75) is 12.1 Å². The summed E-state index contributed by atoms with van der Waals surface area (Å²) in [6, 6.07) is 6.98. The van der Waals surface area contributed by atoms with E-state index in [1.54, 1.807) is 7.11 Å². The molecule has 1 heterocycles. The van der Waals surface area contributed by atoms with Crippen LogP contribution in [-0.4, -0.2) is 19.1 Å².